The van der Waals surface area contributed by atoms with Crippen LogP contribution in [0.3, 0.4) is 0 Å². The van der Waals surface area contributed by atoms with E-state index >= 15 is 0 Å². The smallest absolute Gasteiger partial charge is 0.120 e. The van der Waals surface area contributed by atoms with Gasteiger partial charge in [0.1, 0.15) is 11.3 Å². The van der Waals surface area contributed by atoms with Gasteiger partial charge < -0.3 is 9.80 Å². The van der Waals surface area contributed by atoms with Crippen molar-refractivity contribution in [1.82, 2.24) is 5.32 Å². The molecule has 4 aromatic rings. The van der Waals surface area contributed by atoms with Crippen LogP contribution < -0.4 is 15.1 Å². The highest BCUT2D eigenvalue weighted by Gasteiger charge is 2.46. The summed E-state index contributed by atoms with van der Waals surface area (Å²) in [6, 6.07) is 42.7. The number of rotatable bonds is 8. The van der Waals surface area contributed by atoms with Crippen molar-refractivity contribution < 1.29 is 0 Å². The normalized spacial score (nSPS) is 21.5. The van der Waals surface area contributed by atoms with Gasteiger partial charge in [0.25, 0.3) is 0 Å². The number of hydrogen-bond donors (Lipinski definition) is 1. The van der Waals surface area contributed by atoms with Gasteiger partial charge >= 0.3 is 0 Å². The van der Waals surface area contributed by atoms with Crippen molar-refractivity contribution >= 4 is 22.7 Å². The van der Waals surface area contributed by atoms with E-state index in [-0.39, 0.29) is 0 Å². The predicted octanol–water partition coefficient (Wildman–Crippen LogP) is 8.68. The van der Waals surface area contributed by atoms with E-state index in [1.807, 2.05) is 0 Å². The quantitative estimate of drug-likeness (QED) is 0.241. The second kappa shape index (κ2) is 11.0. The minimum absolute atomic E-state index is 0.547. The summed E-state index contributed by atoms with van der Waals surface area (Å²) in [6.45, 7) is 0. The van der Waals surface area contributed by atoms with Crippen LogP contribution in [0.4, 0.5) is 22.7 Å². The molecule has 0 bridgehead atoms. The lowest BCUT2D eigenvalue weighted by Crippen LogP contribution is -2.69. The average molecular weight is 508 g/mol. The summed E-state index contributed by atoms with van der Waals surface area (Å²) < 4.78 is 0. The summed E-state index contributed by atoms with van der Waals surface area (Å²) in [4.78, 5) is 4.88. The second-order valence-corrected chi connectivity index (χ2v) is 9.97. The summed E-state index contributed by atoms with van der Waals surface area (Å²) >= 11 is 0. The first kappa shape index (κ1) is 24.7. The Balaban J connectivity index is 1.55. The van der Waals surface area contributed by atoms with E-state index in [9.17, 15) is 0 Å². The molecule has 2 unspecified atom stereocenters. The number of nitrogens with zero attached hydrogens (tertiary/aromatic N) is 2. The van der Waals surface area contributed by atoms with E-state index in [0.717, 1.165) is 35.6 Å². The van der Waals surface area contributed by atoms with Crippen LogP contribution in [0.25, 0.3) is 0 Å². The highest BCUT2D eigenvalue weighted by molar-refractivity contribution is 5.70. The Bertz CT molecular complexity index is 1280. The van der Waals surface area contributed by atoms with E-state index in [1.165, 1.54) is 0 Å². The Morgan fingerprint density at radius 3 is 0.974 bits per heavy atom. The molecular formula is C36H33N3. The fraction of sp³-hybridized carbons (Fsp3) is 0.111. The van der Waals surface area contributed by atoms with Crippen LogP contribution in [0.15, 0.2) is 170 Å². The first-order valence-electron chi connectivity index (χ1n) is 13.6. The van der Waals surface area contributed by atoms with Crippen molar-refractivity contribution in [3.8, 4) is 0 Å². The van der Waals surface area contributed by atoms with Gasteiger partial charge in [-0.05, 0) is 60.7 Å². The zero-order valence-electron chi connectivity index (χ0n) is 22.0. The molecule has 1 N–H and O–H groups in total. The van der Waals surface area contributed by atoms with E-state index in [2.05, 4.69) is 185 Å². The average Bonchev–Trinajstić information content (AvgIpc) is 3.00. The molecule has 0 radical (unpaired) electrons. The fourth-order valence-electron chi connectivity index (χ4n) is 5.75. The van der Waals surface area contributed by atoms with E-state index in [4.69, 9.17) is 0 Å². The van der Waals surface area contributed by atoms with Gasteiger partial charge in [-0.3, -0.25) is 5.32 Å². The van der Waals surface area contributed by atoms with Gasteiger partial charge in [-0.1, -0.05) is 109 Å². The first-order valence-corrected chi connectivity index (χ1v) is 13.6. The van der Waals surface area contributed by atoms with Gasteiger partial charge in [0.2, 0.25) is 0 Å². The number of nitrogens with one attached hydrogen (secondary N) is 1. The third-order valence-corrected chi connectivity index (χ3v) is 7.38. The summed E-state index contributed by atoms with van der Waals surface area (Å²) in [7, 11) is 0. The van der Waals surface area contributed by atoms with Crippen molar-refractivity contribution in [2.24, 2.45) is 0 Å². The molecular weight excluding hydrogens is 474 g/mol. The van der Waals surface area contributed by atoms with Crippen LogP contribution in [-0.2, 0) is 0 Å². The van der Waals surface area contributed by atoms with Gasteiger partial charge in [0, 0.05) is 35.6 Å². The summed E-state index contributed by atoms with van der Waals surface area (Å²) in [5.74, 6) is 0. The largest absolute Gasteiger partial charge is 0.319 e. The molecule has 2 aliphatic rings. The van der Waals surface area contributed by atoms with Gasteiger partial charge in [-0.25, -0.2) is 0 Å². The van der Waals surface area contributed by atoms with Gasteiger partial charge in [-0.2, -0.15) is 0 Å². The predicted molar refractivity (Wildman–Crippen MR) is 164 cm³/mol. The van der Waals surface area contributed by atoms with Crippen LogP contribution in [-0.4, -0.2) is 11.3 Å². The topological polar surface area (TPSA) is 18.5 Å². The molecule has 3 nitrogen and oxygen atoms in total. The van der Waals surface area contributed by atoms with Crippen LogP contribution in [0.2, 0.25) is 0 Å². The number of para-hydroxylation sites is 4. The summed E-state index contributed by atoms with van der Waals surface area (Å²) in [5, 5.41) is 4.25. The van der Waals surface area contributed by atoms with Gasteiger partial charge in [0.15, 0.2) is 0 Å². The zero-order chi connectivity index (χ0) is 26.4. The lowest BCUT2D eigenvalue weighted by atomic mass is 9.89. The monoisotopic (exact) mass is 507 g/mol. The highest BCUT2D eigenvalue weighted by atomic mass is 15.4. The second-order valence-electron chi connectivity index (χ2n) is 9.97. The Morgan fingerprint density at radius 1 is 0.410 bits per heavy atom. The van der Waals surface area contributed by atoms with Crippen LogP contribution >= 0.6 is 0 Å². The molecule has 6 rings (SSSR count). The van der Waals surface area contributed by atoms with E-state index in [1.54, 1.807) is 0 Å². The maximum Gasteiger partial charge on any atom is 0.120 e. The van der Waals surface area contributed by atoms with Crippen molar-refractivity contribution in [3.63, 3.8) is 0 Å². The molecule has 39 heavy (non-hydrogen) atoms. The van der Waals surface area contributed by atoms with Crippen molar-refractivity contribution in [2.75, 3.05) is 9.80 Å². The molecule has 4 aromatic carbocycles. The third kappa shape index (κ3) is 4.97. The number of hydrogen-bond acceptors (Lipinski definition) is 3. The third-order valence-electron chi connectivity index (χ3n) is 7.38. The molecule has 0 aromatic heterocycles. The van der Waals surface area contributed by atoms with Gasteiger partial charge in [-0.15, -0.1) is 0 Å². The molecule has 0 amide bonds. The highest BCUT2D eigenvalue weighted by Crippen LogP contribution is 2.42. The van der Waals surface area contributed by atoms with Crippen LogP contribution in [0.1, 0.15) is 12.8 Å². The lowest BCUT2D eigenvalue weighted by Gasteiger charge is -2.53. The zero-order valence-corrected chi connectivity index (χ0v) is 22.0. The van der Waals surface area contributed by atoms with Crippen molar-refractivity contribution in [1.29, 1.82) is 0 Å². The Hall–Kier alpha value is -4.60. The molecule has 2 aliphatic carbocycles. The number of benzene rings is 4. The van der Waals surface area contributed by atoms with E-state index < -0.39 is 11.3 Å². The van der Waals surface area contributed by atoms with Gasteiger partial charge in [0.05, 0.1) is 0 Å². The van der Waals surface area contributed by atoms with Crippen molar-refractivity contribution in [2.45, 2.75) is 24.2 Å². The van der Waals surface area contributed by atoms with Crippen molar-refractivity contribution in [3.05, 3.63) is 170 Å². The number of allylic oxidation sites excluding steroid dienone is 4. The molecule has 0 spiro atoms. The molecule has 0 heterocycles. The molecule has 0 saturated heterocycles. The minimum Gasteiger partial charge on any atom is -0.319 e. The molecule has 192 valence electrons. The molecule has 0 aliphatic heterocycles. The van der Waals surface area contributed by atoms with Crippen LogP contribution in [0.5, 0.6) is 0 Å². The maximum absolute atomic E-state index is 4.25. The molecule has 2 atom stereocenters. The number of anilines is 4. The Kier molecular flexibility index (Phi) is 6.99. The Labute approximate surface area is 231 Å². The first-order chi connectivity index (χ1) is 19.3. The summed E-state index contributed by atoms with van der Waals surface area (Å²) in [6.07, 6.45) is 19.4. The van der Waals surface area contributed by atoms with E-state index in [0.29, 0.717) is 0 Å². The van der Waals surface area contributed by atoms with Crippen LogP contribution in [0, 0.1) is 0 Å². The Morgan fingerprint density at radius 2 is 0.718 bits per heavy atom. The molecule has 0 saturated carbocycles. The fourth-order valence-corrected chi connectivity index (χ4v) is 5.75. The summed E-state index contributed by atoms with van der Waals surface area (Å²) in [5.41, 5.74) is 3.43. The lowest BCUT2D eigenvalue weighted by molar-refractivity contribution is 0.289. The molecule has 3 heteroatoms. The maximum atomic E-state index is 4.25. The minimum atomic E-state index is -0.547. The molecule has 0 fully saturated rings. The SMILES string of the molecule is C1=CCC(NC2(N(c3ccccc3)c3ccccc3)C=CC=CC2)(N(c2ccccc2)c2ccccc2)C=C1. The standard InChI is InChI=1S/C36H33N3/c1-7-19-31(20-8-1)38(32-21-9-2-10-22-32)35(27-15-5-16-28-35)37-36(29-17-6-18-30-36)39(33-23-11-3-12-24-33)34-25-13-4-14-26-34/h1-27,29,37H,28,30H2.